The van der Waals surface area contributed by atoms with Gasteiger partial charge in [0, 0.05) is 24.2 Å². The standard InChI is InChI=1S/C26H32N2O3/c1-5-6-14-28(25(29)31-26(2,3)4)24(20-11-12-23-19(16-20)13-15-30-23)22-17-18-9-7-8-10-21(18)27-22/h7-12,16-17,24,27H,5-6,13-15H2,1-4H3/t24-/m1/s1. The number of nitrogens with zero attached hydrogens (tertiary/aromatic N) is 1. The number of aromatic nitrogens is 1. The molecule has 31 heavy (non-hydrogen) atoms. The Morgan fingerprint density at radius 2 is 2.00 bits per heavy atom. The van der Waals surface area contributed by atoms with Crippen LogP contribution in [0.4, 0.5) is 4.79 Å². The normalized spacial score (nSPS) is 14.2. The van der Waals surface area contributed by atoms with Crippen molar-refractivity contribution in [2.24, 2.45) is 0 Å². The van der Waals surface area contributed by atoms with Gasteiger partial charge in [-0.25, -0.2) is 4.79 Å². The Labute approximate surface area is 184 Å². The van der Waals surface area contributed by atoms with E-state index < -0.39 is 5.60 Å². The average Bonchev–Trinajstić information content (AvgIpc) is 3.35. The van der Waals surface area contributed by atoms with Gasteiger partial charge in [0.05, 0.1) is 6.61 Å². The van der Waals surface area contributed by atoms with Crippen LogP contribution in [0, 0.1) is 0 Å². The molecule has 0 unspecified atom stereocenters. The van der Waals surface area contributed by atoms with E-state index in [-0.39, 0.29) is 12.1 Å². The first-order chi connectivity index (χ1) is 14.9. The third kappa shape index (κ3) is 4.71. The Hall–Kier alpha value is -2.95. The second-order valence-corrected chi connectivity index (χ2v) is 9.21. The van der Waals surface area contributed by atoms with Crippen molar-refractivity contribution in [1.82, 2.24) is 9.88 Å². The predicted molar refractivity (Wildman–Crippen MR) is 124 cm³/mol. The van der Waals surface area contributed by atoms with Crippen molar-refractivity contribution < 1.29 is 14.3 Å². The number of benzene rings is 2. The fraction of sp³-hybridized carbons (Fsp3) is 0.423. The number of carbonyl (C=O) groups is 1. The van der Waals surface area contributed by atoms with Crippen molar-refractivity contribution in [3.63, 3.8) is 0 Å². The minimum atomic E-state index is -0.557. The number of amides is 1. The lowest BCUT2D eigenvalue weighted by atomic mass is 9.98. The Kier molecular flexibility index (Phi) is 5.94. The zero-order valence-corrected chi connectivity index (χ0v) is 18.9. The van der Waals surface area contributed by atoms with Gasteiger partial charge in [-0.05, 0) is 68.0 Å². The minimum Gasteiger partial charge on any atom is -0.493 e. The fourth-order valence-electron chi connectivity index (χ4n) is 4.12. The molecule has 0 spiro atoms. The number of nitrogens with one attached hydrogen (secondary N) is 1. The summed E-state index contributed by atoms with van der Waals surface area (Å²) in [7, 11) is 0. The van der Waals surface area contributed by atoms with E-state index in [0.29, 0.717) is 13.2 Å². The number of ether oxygens (including phenoxy) is 2. The molecule has 1 N–H and O–H groups in total. The number of para-hydroxylation sites is 1. The van der Waals surface area contributed by atoms with Crippen LogP contribution in [0.15, 0.2) is 48.5 Å². The molecule has 0 saturated heterocycles. The number of carbonyl (C=O) groups excluding carboxylic acids is 1. The van der Waals surface area contributed by atoms with E-state index in [1.165, 1.54) is 5.56 Å². The van der Waals surface area contributed by atoms with Gasteiger partial charge in [0.1, 0.15) is 17.4 Å². The van der Waals surface area contributed by atoms with Crippen molar-refractivity contribution in [3.8, 4) is 5.75 Å². The molecule has 0 aliphatic carbocycles. The topological polar surface area (TPSA) is 54.6 Å². The molecule has 5 heteroatoms. The van der Waals surface area contributed by atoms with E-state index in [0.717, 1.165) is 47.2 Å². The largest absolute Gasteiger partial charge is 0.493 e. The van der Waals surface area contributed by atoms with Gasteiger partial charge in [0.25, 0.3) is 0 Å². The highest BCUT2D eigenvalue weighted by Gasteiger charge is 2.32. The maximum absolute atomic E-state index is 13.4. The summed E-state index contributed by atoms with van der Waals surface area (Å²) in [6.45, 7) is 9.20. The van der Waals surface area contributed by atoms with Crippen molar-refractivity contribution >= 4 is 17.0 Å². The highest BCUT2D eigenvalue weighted by molar-refractivity contribution is 5.81. The van der Waals surface area contributed by atoms with Gasteiger partial charge in [-0.2, -0.15) is 0 Å². The minimum absolute atomic E-state index is 0.264. The van der Waals surface area contributed by atoms with Crippen molar-refractivity contribution in [3.05, 3.63) is 65.4 Å². The summed E-state index contributed by atoms with van der Waals surface area (Å²) in [5, 5.41) is 1.13. The van der Waals surface area contributed by atoms with Crippen molar-refractivity contribution in [2.45, 2.75) is 58.6 Å². The quantitative estimate of drug-likeness (QED) is 0.514. The number of fused-ring (bicyclic) bond motifs is 2. The molecular weight excluding hydrogens is 388 g/mol. The van der Waals surface area contributed by atoms with E-state index in [1.54, 1.807) is 0 Å². The number of rotatable bonds is 6. The Morgan fingerprint density at radius 3 is 2.74 bits per heavy atom. The van der Waals surface area contributed by atoms with Crippen LogP contribution in [0.1, 0.15) is 63.4 Å². The molecule has 1 aromatic heterocycles. The van der Waals surface area contributed by atoms with E-state index in [1.807, 2.05) is 43.9 Å². The molecule has 0 bridgehead atoms. The van der Waals surface area contributed by atoms with Crippen LogP contribution in [0.3, 0.4) is 0 Å². The van der Waals surface area contributed by atoms with Crippen LogP contribution in [-0.2, 0) is 11.2 Å². The molecule has 1 aliphatic heterocycles. The number of H-pyrrole nitrogens is 1. The first-order valence-corrected chi connectivity index (χ1v) is 11.2. The summed E-state index contributed by atoms with van der Waals surface area (Å²) in [6, 6.07) is 16.4. The lowest BCUT2D eigenvalue weighted by Crippen LogP contribution is -2.40. The van der Waals surface area contributed by atoms with Crippen LogP contribution in [0.25, 0.3) is 10.9 Å². The van der Waals surface area contributed by atoms with Gasteiger partial charge < -0.3 is 14.5 Å². The van der Waals surface area contributed by atoms with Gasteiger partial charge in [0.2, 0.25) is 0 Å². The van der Waals surface area contributed by atoms with E-state index >= 15 is 0 Å². The molecule has 2 heterocycles. The van der Waals surface area contributed by atoms with Crippen molar-refractivity contribution in [1.29, 1.82) is 0 Å². The number of aromatic amines is 1. The second kappa shape index (κ2) is 8.66. The summed E-state index contributed by atoms with van der Waals surface area (Å²) in [6.07, 6.45) is 2.51. The Bertz CT molecular complexity index is 1030. The summed E-state index contributed by atoms with van der Waals surface area (Å²) in [4.78, 5) is 18.8. The average molecular weight is 421 g/mol. The third-order valence-electron chi connectivity index (χ3n) is 5.57. The predicted octanol–water partition coefficient (Wildman–Crippen LogP) is 6.23. The smallest absolute Gasteiger partial charge is 0.411 e. The molecule has 4 rings (SSSR count). The molecule has 5 nitrogen and oxygen atoms in total. The van der Waals surface area contributed by atoms with Crippen LogP contribution in [-0.4, -0.2) is 34.7 Å². The van der Waals surface area contributed by atoms with Crippen LogP contribution < -0.4 is 4.74 Å². The van der Waals surface area contributed by atoms with Crippen LogP contribution in [0.5, 0.6) is 5.75 Å². The molecule has 3 aromatic rings. The maximum Gasteiger partial charge on any atom is 0.411 e. The highest BCUT2D eigenvalue weighted by atomic mass is 16.6. The number of unbranched alkanes of at least 4 members (excludes halogenated alkanes) is 1. The lowest BCUT2D eigenvalue weighted by Gasteiger charge is -2.33. The van der Waals surface area contributed by atoms with E-state index in [2.05, 4.69) is 42.2 Å². The maximum atomic E-state index is 13.4. The summed E-state index contributed by atoms with van der Waals surface area (Å²) in [5.41, 5.74) is 3.75. The van der Waals surface area contributed by atoms with Gasteiger partial charge in [0.15, 0.2) is 0 Å². The van der Waals surface area contributed by atoms with Crippen molar-refractivity contribution in [2.75, 3.05) is 13.2 Å². The summed E-state index contributed by atoms with van der Waals surface area (Å²) >= 11 is 0. The molecule has 1 atom stereocenters. The Morgan fingerprint density at radius 1 is 1.19 bits per heavy atom. The summed E-state index contributed by atoms with van der Waals surface area (Å²) in [5.74, 6) is 0.941. The molecule has 1 aliphatic rings. The van der Waals surface area contributed by atoms with Gasteiger partial charge in [-0.1, -0.05) is 37.6 Å². The van der Waals surface area contributed by atoms with E-state index in [4.69, 9.17) is 9.47 Å². The lowest BCUT2D eigenvalue weighted by molar-refractivity contribution is 0.0185. The molecule has 0 radical (unpaired) electrons. The van der Waals surface area contributed by atoms with Gasteiger partial charge in [-0.3, -0.25) is 4.90 Å². The zero-order chi connectivity index (χ0) is 22.0. The molecular formula is C26H32N2O3. The molecule has 0 fully saturated rings. The third-order valence-corrected chi connectivity index (χ3v) is 5.57. The molecule has 2 aromatic carbocycles. The van der Waals surface area contributed by atoms with Crippen LogP contribution in [0.2, 0.25) is 0 Å². The van der Waals surface area contributed by atoms with Gasteiger partial charge >= 0.3 is 6.09 Å². The van der Waals surface area contributed by atoms with Gasteiger partial charge in [-0.15, -0.1) is 0 Å². The van der Waals surface area contributed by atoms with E-state index in [9.17, 15) is 4.79 Å². The number of hydrogen-bond donors (Lipinski definition) is 1. The molecule has 164 valence electrons. The molecule has 0 saturated carbocycles. The first-order valence-electron chi connectivity index (χ1n) is 11.2. The zero-order valence-electron chi connectivity index (χ0n) is 18.9. The Balaban J connectivity index is 1.81. The SMILES string of the molecule is CCCCN(C(=O)OC(C)(C)C)[C@H](c1ccc2c(c1)CCO2)c1cc2ccccc2[nH]1. The molecule has 1 amide bonds. The highest BCUT2D eigenvalue weighted by Crippen LogP contribution is 2.35. The fourth-order valence-corrected chi connectivity index (χ4v) is 4.12. The second-order valence-electron chi connectivity index (χ2n) is 9.21. The summed E-state index contributed by atoms with van der Waals surface area (Å²) < 4.78 is 11.5. The van der Waals surface area contributed by atoms with Crippen LogP contribution >= 0.6 is 0 Å². The monoisotopic (exact) mass is 420 g/mol. The number of hydrogen-bond acceptors (Lipinski definition) is 3. The first kappa shape index (κ1) is 21.3.